The van der Waals surface area contributed by atoms with Crippen LogP contribution in [0.3, 0.4) is 0 Å². The third kappa shape index (κ3) is 5.18. The van der Waals surface area contributed by atoms with Gasteiger partial charge in [0.15, 0.2) is 23.2 Å². The summed E-state index contributed by atoms with van der Waals surface area (Å²) >= 11 is 0. The maximum Gasteiger partial charge on any atom is 0.321 e. The van der Waals surface area contributed by atoms with Crippen molar-refractivity contribution in [2.24, 2.45) is 10.9 Å². The number of piperazine rings is 1. The van der Waals surface area contributed by atoms with Crippen molar-refractivity contribution in [3.05, 3.63) is 41.9 Å². The van der Waals surface area contributed by atoms with Crippen molar-refractivity contribution in [2.45, 2.75) is 13.0 Å². The van der Waals surface area contributed by atoms with E-state index in [1.165, 1.54) is 27.6 Å². The van der Waals surface area contributed by atoms with Gasteiger partial charge in [-0.1, -0.05) is 0 Å². The van der Waals surface area contributed by atoms with Crippen LogP contribution in [-0.2, 0) is 14.3 Å². The number of ether oxygens (including phenoxy) is 4. The highest BCUT2D eigenvalue weighted by Crippen LogP contribution is 2.42. The van der Waals surface area contributed by atoms with Gasteiger partial charge in [-0.25, -0.2) is 4.99 Å². The Morgan fingerprint density at radius 1 is 1.08 bits per heavy atom. The summed E-state index contributed by atoms with van der Waals surface area (Å²) in [5, 5.41) is 2.75. The lowest BCUT2D eigenvalue weighted by atomic mass is 9.90. The summed E-state index contributed by atoms with van der Waals surface area (Å²) in [7, 11) is 4.45. The van der Waals surface area contributed by atoms with Crippen LogP contribution in [-0.4, -0.2) is 87.7 Å². The summed E-state index contributed by atoms with van der Waals surface area (Å²) < 4.78 is 26.7. The van der Waals surface area contributed by atoms with Gasteiger partial charge in [0.2, 0.25) is 17.6 Å². The number of nitrogens with one attached hydrogen (secondary N) is 1. The van der Waals surface area contributed by atoms with Crippen molar-refractivity contribution in [1.82, 2.24) is 15.1 Å². The first-order chi connectivity index (χ1) is 17.9. The lowest BCUT2D eigenvalue weighted by Crippen LogP contribution is -2.58. The summed E-state index contributed by atoms with van der Waals surface area (Å²) in [4.78, 5) is 47.0. The number of carbonyl (C=O) groups excluding carboxylic acids is 3. The number of benzene rings is 1. The molecule has 1 saturated heterocycles. The van der Waals surface area contributed by atoms with E-state index in [2.05, 4.69) is 5.32 Å². The summed E-state index contributed by atoms with van der Waals surface area (Å²) in [5.41, 5.74) is 0.520. The predicted molar refractivity (Wildman–Crippen MR) is 131 cm³/mol. The average molecular weight is 515 g/mol. The zero-order valence-corrected chi connectivity index (χ0v) is 21.2. The Bertz CT molecular complexity index is 1150. The molecule has 2 amide bonds. The third-order valence-electron chi connectivity index (χ3n) is 6.26. The van der Waals surface area contributed by atoms with Crippen molar-refractivity contribution in [2.75, 3.05) is 54.1 Å². The second kappa shape index (κ2) is 11.2. The van der Waals surface area contributed by atoms with Gasteiger partial charge < -0.3 is 33.2 Å². The molecule has 2 atom stereocenters. The molecule has 12 heteroatoms. The van der Waals surface area contributed by atoms with Crippen molar-refractivity contribution >= 4 is 23.7 Å². The van der Waals surface area contributed by atoms with Crippen LogP contribution >= 0.6 is 0 Å². The molecule has 1 aromatic heterocycles. The number of hydrogen-bond donors (Lipinski definition) is 1. The molecule has 0 radical (unpaired) electrons. The van der Waals surface area contributed by atoms with Crippen LogP contribution in [0.2, 0.25) is 0 Å². The van der Waals surface area contributed by atoms with Gasteiger partial charge in [-0.2, -0.15) is 0 Å². The fraction of sp³-hybridized carbons (Fsp3) is 0.440. The number of nitrogens with zero attached hydrogens (tertiary/aromatic N) is 3. The Morgan fingerprint density at radius 2 is 1.76 bits per heavy atom. The molecule has 0 saturated carbocycles. The fourth-order valence-corrected chi connectivity index (χ4v) is 4.42. The Kier molecular flexibility index (Phi) is 7.85. The van der Waals surface area contributed by atoms with Crippen LogP contribution in [0.5, 0.6) is 17.2 Å². The zero-order valence-electron chi connectivity index (χ0n) is 21.2. The lowest BCUT2D eigenvalue weighted by molar-refractivity contribution is -0.153. The summed E-state index contributed by atoms with van der Waals surface area (Å²) in [6, 6.07) is 5.71. The summed E-state index contributed by atoms with van der Waals surface area (Å²) in [6.45, 7) is 3.46. The molecule has 0 spiro atoms. The maximum atomic E-state index is 13.2. The van der Waals surface area contributed by atoms with E-state index in [1.54, 1.807) is 36.1 Å². The molecule has 2 unspecified atom stereocenters. The Hall–Kier alpha value is -4.22. The van der Waals surface area contributed by atoms with E-state index in [1.807, 2.05) is 4.90 Å². The van der Waals surface area contributed by atoms with Crippen LogP contribution in [0.1, 0.15) is 29.1 Å². The SMILES string of the molecule is CCOC(=O)C1C(=O)NC(N2CCN(C(=O)c3ccco3)CC2)=NC1c1cc(OC)c(OC)c(OC)c1. The Balaban J connectivity index is 1.64. The molecule has 12 nitrogen and oxygen atoms in total. The molecule has 2 aromatic rings. The van der Waals surface area contributed by atoms with Crippen molar-refractivity contribution < 1.29 is 37.7 Å². The molecule has 3 heterocycles. The number of furan rings is 1. The molecular formula is C25H30N4O8. The largest absolute Gasteiger partial charge is 0.493 e. The van der Waals surface area contributed by atoms with Crippen molar-refractivity contribution in [3.63, 3.8) is 0 Å². The number of rotatable bonds is 7. The standard InChI is InChI=1S/C25H30N4O8/c1-5-36-24(32)19-20(15-13-17(33-2)21(35-4)18(14-15)34-3)26-25(27-22(19)30)29-10-8-28(9-11-29)23(31)16-7-6-12-37-16/h6-7,12-14,19-20H,5,8-11H2,1-4H3,(H,26,27,30). The van der Waals surface area contributed by atoms with Crippen LogP contribution in [0.25, 0.3) is 0 Å². The number of hydrogen-bond acceptors (Lipinski definition) is 10. The average Bonchev–Trinajstić information content (AvgIpc) is 3.46. The first kappa shape index (κ1) is 25.9. The quantitative estimate of drug-likeness (QED) is 0.431. The first-order valence-electron chi connectivity index (χ1n) is 11.8. The highest BCUT2D eigenvalue weighted by atomic mass is 16.5. The molecule has 1 aromatic carbocycles. The van der Waals surface area contributed by atoms with Gasteiger partial charge in [-0.3, -0.25) is 19.7 Å². The second-order valence-corrected chi connectivity index (χ2v) is 8.33. The van der Waals surface area contributed by atoms with E-state index >= 15 is 0 Å². The van der Waals surface area contributed by atoms with Crippen LogP contribution < -0.4 is 19.5 Å². The van der Waals surface area contributed by atoms with Crippen LogP contribution in [0.15, 0.2) is 39.9 Å². The van der Waals surface area contributed by atoms with Gasteiger partial charge in [0, 0.05) is 26.2 Å². The molecule has 2 aliphatic heterocycles. The maximum absolute atomic E-state index is 13.2. The number of guanidine groups is 1. The van der Waals surface area contributed by atoms with Gasteiger partial charge in [0.25, 0.3) is 5.91 Å². The van der Waals surface area contributed by atoms with E-state index in [0.29, 0.717) is 55.0 Å². The molecule has 0 aliphatic carbocycles. The summed E-state index contributed by atoms with van der Waals surface area (Å²) in [5.74, 6) is -0.925. The summed E-state index contributed by atoms with van der Waals surface area (Å²) in [6.07, 6.45) is 1.46. The van der Waals surface area contributed by atoms with E-state index in [0.717, 1.165) is 0 Å². The molecule has 0 bridgehead atoms. The number of amides is 2. The Morgan fingerprint density at radius 3 is 2.30 bits per heavy atom. The molecule has 4 rings (SSSR count). The molecule has 37 heavy (non-hydrogen) atoms. The van der Waals surface area contributed by atoms with Gasteiger partial charge in [0.1, 0.15) is 6.04 Å². The lowest BCUT2D eigenvalue weighted by Gasteiger charge is -2.38. The molecule has 1 fully saturated rings. The third-order valence-corrected chi connectivity index (χ3v) is 6.26. The highest BCUT2D eigenvalue weighted by Gasteiger charge is 2.43. The van der Waals surface area contributed by atoms with E-state index < -0.39 is 23.8 Å². The molecule has 2 aliphatic rings. The minimum Gasteiger partial charge on any atom is -0.493 e. The first-order valence-corrected chi connectivity index (χ1v) is 11.8. The number of carbonyl (C=O) groups is 3. The van der Waals surface area contributed by atoms with Gasteiger partial charge in [-0.15, -0.1) is 0 Å². The molecule has 198 valence electrons. The fourth-order valence-electron chi connectivity index (χ4n) is 4.42. The van der Waals surface area contributed by atoms with Gasteiger partial charge >= 0.3 is 5.97 Å². The second-order valence-electron chi connectivity index (χ2n) is 8.33. The van der Waals surface area contributed by atoms with E-state index in [-0.39, 0.29) is 18.3 Å². The minimum absolute atomic E-state index is 0.118. The normalized spacial score (nSPS) is 19.6. The number of methoxy groups -OCH3 is 3. The number of esters is 1. The smallest absolute Gasteiger partial charge is 0.321 e. The topological polar surface area (TPSA) is 132 Å². The molecule has 1 N–H and O–H groups in total. The van der Waals surface area contributed by atoms with Gasteiger partial charge in [-0.05, 0) is 36.8 Å². The van der Waals surface area contributed by atoms with Crippen LogP contribution in [0.4, 0.5) is 0 Å². The monoisotopic (exact) mass is 514 g/mol. The highest BCUT2D eigenvalue weighted by molar-refractivity contribution is 6.08. The molecular weight excluding hydrogens is 484 g/mol. The van der Waals surface area contributed by atoms with Crippen molar-refractivity contribution in [1.29, 1.82) is 0 Å². The zero-order chi connectivity index (χ0) is 26.5. The van der Waals surface area contributed by atoms with Gasteiger partial charge in [0.05, 0.1) is 34.2 Å². The Labute approximate surface area is 214 Å². The minimum atomic E-state index is -1.21. The predicted octanol–water partition coefficient (Wildman–Crippen LogP) is 1.47. The van der Waals surface area contributed by atoms with Crippen LogP contribution in [0, 0.1) is 5.92 Å². The van der Waals surface area contributed by atoms with E-state index in [9.17, 15) is 14.4 Å². The number of aliphatic imine (C=N–C) groups is 1. The van der Waals surface area contributed by atoms with E-state index in [4.69, 9.17) is 28.4 Å². The van der Waals surface area contributed by atoms with Crippen molar-refractivity contribution in [3.8, 4) is 17.2 Å².